The Balaban J connectivity index is 1.27. The summed E-state index contributed by atoms with van der Waals surface area (Å²) < 4.78 is 2.30. The molecule has 49 heavy (non-hydrogen) atoms. The first-order chi connectivity index (χ1) is 24.3. The van der Waals surface area contributed by atoms with Crippen molar-refractivity contribution in [3.8, 4) is 50.2 Å². The topological polar surface area (TPSA) is 17.8 Å². The molecule has 0 amide bonds. The van der Waals surface area contributed by atoms with Crippen LogP contribution in [0.1, 0.15) is 12.7 Å². The zero-order valence-corrected chi connectivity index (χ0v) is 27.3. The van der Waals surface area contributed by atoms with Crippen molar-refractivity contribution in [2.45, 2.75) is 13.3 Å². The van der Waals surface area contributed by atoms with Crippen molar-refractivity contribution < 1.29 is 0 Å². The van der Waals surface area contributed by atoms with Gasteiger partial charge < -0.3 is 0 Å². The van der Waals surface area contributed by atoms with E-state index in [0.717, 1.165) is 29.0 Å². The van der Waals surface area contributed by atoms with Crippen LogP contribution < -0.4 is 0 Å². The molecule has 0 aliphatic rings. The summed E-state index contributed by atoms with van der Waals surface area (Å²) >= 11 is 0. The molecule has 1 heterocycles. The maximum Gasteiger partial charge on any atom is 0.114 e. The van der Waals surface area contributed by atoms with Gasteiger partial charge >= 0.3 is 0 Å². The van der Waals surface area contributed by atoms with Crippen molar-refractivity contribution in [2.24, 2.45) is 0 Å². The minimum atomic E-state index is 0.864. The fourth-order valence-electron chi connectivity index (χ4n) is 7.45. The minimum absolute atomic E-state index is 0.864. The van der Waals surface area contributed by atoms with E-state index in [4.69, 9.17) is 4.98 Å². The third kappa shape index (κ3) is 5.01. The Morgan fingerprint density at radius 3 is 1.53 bits per heavy atom. The van der Waals surface area contributed by atoms with Crippen LogP contribution in [0.25, 0.3) is 82.8 Å². The van der Waals surface area contributed by atoms with Gasteiger partial charge in [-0.15, -0.1) is 0 Å². The lowest BCUT2D eigenvalue weighted by molar-refractivity contribution is 0.908. The van der Waals surface area contributed by atoms with E-state index < -0.39 is 0 Å². The Morgan fingerprint density at radius 1 is 0.408 bits per heavy atom. The normalized spacial score (nSPS) is 11.4. The van der Waals surface area contributed by atoms with Crippen LogP contribution >= 0.6 is 0 Å². The Kier molecular flexibility index (Phi) is 7.13. The van der Waals surface area contributed by atoms with E-state index in [1.54, 1.807) is 0 Å². The van der Waals surface area contributed by atoms with Gasteiger partial charge in [0.15, 0.2) is 0 Å². The average molecular weight is 627 g/mol. The lowest BCUT2D eigenvalue weighted by Crippen LogP contribution is -2.00. The van der Waals surface area contributed by atoms with Crippen LogP contribution in [0.5, 0.6) is 0 Å². The van der Waals surface area contributed by atoms with Crippen molar-refractivity contribution in [1.82, 2.24) is 9.55 Å². The molecule has 0 unspecified atom stereocenters. The molecule has 0 saturated heterocycles. The number of aryl methyl sites for hydroxylation is 1. The quantitative estimate of drug-likeness (QED) is 0.168. The van der Waals surface area contributed by atoms with E-state index >= 15 is 0 Å². The van der Waals surface area contributed by atoms with Gasteiger partial charge in [-0.25, -0.2) is 4.98 Å². The van der Waals surface area contributed by atoms with E-state index in [-0.39, 0.29) is 0 Å². The van der Waals surface area contributed by atoms with Crippen molar-refractivity contribution in [2.75, 3.05) is 0 Å². The van der Waals surface area contributed by atoms with Crippen LogP contribution in [0.4, 0.5) is 0 Å². The molecule has 0 atom stereocenters. The maximum absolute atomic E-state index is 4.93. The molecule has 2 heteroatoms. The lowest BCUT2D eigenvalue weighted by Gasteiger charge is -2.19. The monoisotopic (exact) mass is 626 g/mol. The molecule has 0 aliphatic heterocycles. The first kappa shape index (κ1) is 28.9. The molecule has 9 rings (SSSR count). The van der Waals surface area contributed by atoms with Gasteiger partial charge in [0, 0.05) is 12.1 Å². The predicted octanol–water partition coefficient (Wildman–Crippen LogP) is 12.6. The second kappa shape index (κ2) is 12.1. The van der Waals surface area contributed by atoms with Gasteiger partial charge in [0.2, 0.25) is 0 Å². The number of aromatic nitrogens is 2. The fraction of sp³-hybridized carbons (Fsp3) is 0.0426. The Hall–Kier alpha value is -6.25. The molecule has 232 valence electrons. The zero-order valence-electron chi connectivity index (χ0n) is 27.3. The van der Waals surface area contributed by atoms with Crippen molar-refractivity contribution in [3.63, 3.8) is 0 Å². The summed E-state index contributed by atoms with van der Waals surface area (Å²) in [5, 5.41) is 5.00. The minimum Gasteiger partial charge on any atom is -0.296 e. The number of benzene rings is 8. The number of hydrogen-bond donors (Lipinski definition) is 0. The van der Waals surface area contributed by atoms with Gasteiger partial charge in [-0.05, 0) is 96.4 Å². The Bertz CT molecular complexity index is 2600. The first-order valence-electron chi connectivity index (χ1n) is 17.0. The smallest absolute Gasteiger partial charge is 0.114 e. The van der Waals surface area contributed by atoms with Crippen LogP contribution in [-0.2, 0) is 6.42 Å². The van der Waals surface area contributed by atoms with Crippen LogP contribution in [-0.4, -0.2) is 9.55 Å². The lowest BCUT2D eigenvalue weighted by atomic mass is 9.84. The summed E-state index contributed by atoms with van der Waals surface area (Å²) in [6.45, 7) is 2.17. The summed E-state index contributed by atoms with van der Waals surface area (Å²) in [7, 11) is 0. The van der Waals surface area contributed by atoms with Crippen LogP contribution in [0, 0.1) is 0 Å². The van der Waals surface area contributed by atoms with Gasteiger partial charge in [0.25, 0.3) is 0 Å². The molecule has 0 saturated carbocycles. The highest BCUT2D eigenvalue weighted by Crippen LogP contribution is 2.45. The molecule has 0 bridgehead atoms. The molecule has 2 nitrogen and oxygen atoms in total. The van der Waals surface area contributed by atoms with Crippen LogP contribution in [0.3, 0.4) is 0 Å². The highest BCUT2D eigenvalue weighted by Gasteiger charge is 2.18. The molecule has 0 radical (unpaired) electrons. The standard InChI is InChI=1S/C47H34N2/c1-2-45-48-43-19-11-12-20-44(43)49(45)38-28-25-36(26-29-38)46-39-17-9-10-18-40(39)47(35-23-21-34(22-24-35)32-13-5-3-6-14-32)42-31-37(27-30-41(42)46)33-15-7-4-8-16-33/h3-31H,2H2,1H3. The summed E-state index contributed by atoms with van der Waals surface area (Å²) in [5.74, 6) is 1.07. The summed E-state index contributed by atoms with van der Waals surface area (Å²) in [5.41, 5.74) is 13.1. The number of nitrogens with zero attached hydrogens (tertiary/aromatic N) is 2. The third-order valence-corrected chi connectivity index (χ3v) is 9.77. The van der Waals surface area contributed by atoms with Crippen molar-refractivity contribution >= 4 is 32.6 Å². The van der Waals surface area contributed by atoms with E-state index in [0.29, 0.717) is 0 Å². The first-order valence-corrected chi connectivity index (χ1v) is 17.0. The fourth-order valence-corrected chi connectivity index (χ4v) is 7.45. The van der Waals surface area contributed by atoms with Gasteiger partial charge in [-0.2, -0.15) is 0 Å². The Labute approximate surface area is 286 Å². The molecule has 0 fully saturated rings. The number of imidazole rings is 1. The second-order valence-electron chi connectivity index (χ2n) is 12.6. The number of hydrogen-bond acceptors (Lipinski definition) is 1. The summed E-state index contributed by atoms with van der Waals surface area (Å²) in [6.07, 6.45) is 0.864. The van der Waals surface area contributed by atoms with E-state index in [2.05, 4.69) is 187 Å². The van der Waals surface area contributed by atoms with Crippen molar-refractivity contribution in [3.05, 3.63) is 182 Å². The SMILES string of the molecule is CCc1nc2ccccc2n1-c1ccc(-c2c3ccccc3c(-c3ccc(-c4ccccc4)cc3)c3cc(-c4ccccc4)ccc23)cc1. The van der Waals surface area contributed by atoms with Gasteiger partial charge in [-0.3, -0.25) is 4.57 Å². The highest BCUT2D eigenvalue weighted by molar-refractivity contribution is 6.22. The summed E-state index contributed by atoms with van der Waals surface area (Å²) in [4.78, 5) is 4.93. The molecule has 0 spiro atoms. The molecule has 9 aromatic rings. The second-order valence-corrected chi connectivity index (χ2v) is 12.6. The largest absolute Gasteiger partial charge is 0.296 e. The number of fused-ring (bicyclic) bond motifs is 3. The molecule has 1 aromatic heterocycles. The molecular weight excluding hydrogens is 593 g/mol. The highest BCUT2D eigenvalue weighted by atomic mass is 15.1. The zero-order chi connectivity index (χ0) is 32.7. The molecule has 0 aliphatic carbocycles. The average Bonchev–Trinajstić information content (AvgIpc) is 3.56. The number of rotatable bonds is 6. The van der Waals surface area contributed by atoms with Crippen LogP contribution in [0.2, 0.25) is 0 Å². The van der Waals surface area contributed by atoms with E-state index in [1.807, 2.05) is 0 Å². The Morgan fingerprint density at radius 2 is 0.878 bits per heavy atom. The summed E-state index contributed by atoms with van der Waals surface area (Å²) in [6, 6.07) is 63.7. The van der Waals surface area contributed by atoms with E-state index in [9.17, 15) is 0 Å². The van der Waals surface area contributed by atoms with Gasteiger partial charge in [-0.1, -0.05) is 153 Å². The molecular formula is C47H34N2. The van der Waals surface area contributed by atoms with Gasteiger partial charge in [0.1, 0.15) is 5.82 Å². The molecule has 8 aromatic carbocycles. The van der Waals surface area contributed by atoms with Crippen LogP contribution in [0.15, 0.2) is 176 Å². The predicted molar refractivity (Wildman–Crippen MR) is 207 cm³/mol. The maximum atomic E-state index is 4.93. The number of para-hydroxylation sites is 2. The molecule has 0 N–H and O–H groups in total. The third-order valence-electron chi connectivity index (χ3n) is 9.77. The van der Waals surface area contributed by atoms with E-state index in [1.165, 1.54) is 66.1 Å². The van der Waals surface area contributed by atoms with Crippen molar-refractivity contribution in [1.29, 1.82) is 0 Å². The van der Waals surface area contributed by atoms with Gasteiger partial charge in [0.05, 0.1) is 11.0 Å².